The summed E-state index contributed by atoms with van der Waals surface area (Å²) in [6, 6.07) is 8.05. The lowest BCUT2D eigenvalue weighted by Crippen LogP contribution is -2.22. The Balaban J connectivity index is 1.89. The zero-order valence-electron chi connectivity index (χ0n) is 10.8. The normalized spacial score (nSPS) is 20.2. The molecule has 1 aromatic rings. The van der Waals surface area contributed by atoms with Gasteiger partial charge in [0, 0.05) is 26.7 Å². The minimum atomic E-state index is 0.0475. The van der Waals surface area contributed by atoms with Gasteiger partial charge in [-0.1, -0.05) is 12.1 Å². The van der Waals surface area contributed by atoms with Crippen LogP contribution in [0.2, 0.25) is 0 Å². The second-order valence-corrected chi connectivity index (χ2v) is 4.60. The summed E-state index contributed by atoms with van der Waals surface area (Å²) in [5.41, 5.74) is 1.24. The first kappa shape index (κ1) is 13.3. The summed E-state index contributed by atoms with van der Waals surface area (Å²) >= 11 is 0. The lowest BCUT2D eigenvalue weighted by Gasteiger charge is -2.16. The molecule has 0 radical (unpaired) electrons. The largest absolute Gasteiger partial charge is 0.491 e. The molecule has 0 saturated carbocycles. The minimum Gasteiger partial charge on any atom is -0.491 e. The number of aliphatic hydroxyl groups excluding tert-OH is 1. The Morgan fingerprint density at radius 1 is 1.44 bits per heavy atom. The number of ether oxygens (including phenoxy) is 2. The van der Waals surface area contributed by atoms with E-state index >= 15 is 0 Å². The van der Waals surface area contributed by atoms with E-state index in [9.17, 15) is 0 Å². The van der Waals surface area contributed by atoms with Crippen molar-refractivity contribution >= 4 is 0 Å². The average molecular weight is 251 g/mol. The van der Waals surface area contributed by atoms with Crippen LogP contribution in [0.15, 0.2) is 24.3 Å². The summed E-state index contributed by atoms with van der Waals surface area (Å²) in [4.78, 5) is 2.39. The van der Waals surface area contributed by atoms with Crippen LogP contribution in [0.1, 0.15) is 12.0 Å². The second-order valence-electron chi connectivity index (χ2n) is 4.60. The summed E-state index contributed by atoms with van der Waals surface area (Å²) in [7, 11) is 1.78. The predicted molar refractivity (Wildman–Crippen MR) is 69.7 cm³/mol. The van der Waals surface area contributed by atoms with Crippen LogP contribution in [0.5, 0.6) is 5.75 Å². The number of rotatable bonds is 6. The quantitative estimate of drug-likeness (QED) is 0.827. The molecule has 1 unspecified atom stereocenters. The molecule has 0 spiro atoms. The van der Waals surface area contributed by atoms with E-state index in [1.807, 2.05) is 18.2 Å². The molecule has 1 aliphatic heterocycles. The van der Waals surface area contributed by atoms with Crippen LogP contribution >= 0.6 is 0 Å². The molecule has 1 heterocycles. The van der Waals surface area contributed by atoms with Crippen molar-refractivity contribution < 1.29 is 14.6 Å². The van der Waals surface area contributed by atoms with Gasteiger partial charge in [-0.15, -0.1) is 0 Å². The maximum absolute atomic E-state index is 8.74. The van der Waals surface area contributed by atoms with Crippen LogP contribution in [0, 0.1) is 0 Å². The zero-order valence-corrected chi connectivity index (χ0v) is 10.8. The van der Waals surface area contributed by atoms with Crippen LogP contribution in [0.3, 0.4) is 0 Å². The summed E-state index contributed by atoms with van der Waals surface area (Å²) in [6.45, 7) is 3.40. The molecule has 1 fully saturated rings. The van der Waals surface area contributed by atoms with Gasteiger partial charge < -0.3 is 14.6 Å². The third-order valence-corrected chi connectivity index (χ3v) is 3.23. The predicted octanol–water partition coefficient (Wildman–Crippen LogP) is 1.28. The van der Waals surface area contributed by atoms with E-state index in [0.717, 1.165) is 31.8 Å². The summed E-state index contributed by atoms with van der Waals surface area (Å²) in [5, 5.41) is 8.74. The summed E-state index contributed by atoms with van der Waals surface area (Å²) in [5.74, 6) is 0.823. The van der Waals surface area contributed by atoms with E-state index < -0.39 is 0 Å². The Morgan fingerprint density at radius 3 is 3.06 bits per heavy atom. The van der Waals surface area contributed by atoms with E-state index in [1.54, 1.807) is 7.11 Å². The lowest BCUT2D eigenvalue weighted by molar-refractivity contribution is 0.107. The van der Waals surface area contributed by atoms with Gasteiger partial charge in [-0.05, 0) is 24.1 Å². The van der Waals surface area contributed by atoms with Crippen molar-refractivity contribution in [3.63, 3.8) is 0 Å². The molecule has 0 aromatic heterocycles. The SMILES string of the molecule is COC1CCN(Cc2cccc(OCCO)c2)C1. The number of hydrogen-bond acceptors (Lipinski definition) is 4. The molecular weight excluding hydrogens is 230 g/mol. The fraction of sp³-hybridized carbons (Fsp3) is 0.571. The molecule has 1 aliphatic rings. The fourth-order valence-corrected chi connectivity index (χ4v) is 2.29. The fourth-order valence-electron chi connectivity index (χ4n) is 2.29. The second kappa shape index (κ2) is 6.73. The van der Waals surface area contributed by atoms with Gasteiger partial charge in [0.15, 0.2) is 0 Å². The van der Waals surface area contributed by atoms with E-state index in [4.69, 9.17) is 14.6 Å². The van der Waals surface area contributed by atoms with E-state index in [0.29, 0.717) is 12.7 Å². The van der Waals surface area contributed by atoms with E-state index in [1.165, 1.54) is 5.56 Å². The molecule has 0 bridgehead atoms. The number of aliphatic hydroxyl groups is 1. The van der Waals surface area contributed by atoms with E-state index in [2.05, 4.69) is 11.0 Å². The minimum absolute atomic E-state index is 0.0475. The third-order valence-electron chi connectivity index (χ3n) is 3.23. The van der Waals surface area contributed by atoms with Crippen molar-refractivity contribution in [3.8, 4) is 5.75 Å². The maximum atomic E-state index is 8.74. The Kier molecular flexibility index (Phi) is 4.99. The van der Waals surface area contributed by atoms with Gasteiger partial charge in [-0.25, -0.2) is 0 Å². The number of nitrogens with zero attached hydrogens (tertiary/aromatic N) is 1. The van der Waals surface area contributed by atoms with Gasteiger partial charge in [0.1, 0.15) is 12.4 Å². The highest BCUT2D eigenvalue weighted by Gasteiger charge is 2.21. The van der Waals surface area contributed by atoms with Crippen LogP contribution < -0.4 is 4.74 Å². The molecular formula is C14H21NO3. The number of likely N-dealkylation sites (tertiary alicyclic amines) is 1. The van der Waals surface area contributed by atoms with Gasteiger partial charge in [0.2, 0.25) is 0 Å². The average Bonchev–Trinajstić information content (AvgIpc) is 2.84. The number of hydrogen-bond donors (Lipinski definition) is 1. The van der Waals surface area contributed by atoms with Gasteiger partial charge in [-0.3, -0.25) is 4.90 Å². The third kappa shape index (κ3) is 3.70. The van der Waals surface area contributed by atoms with Crippen LogP contribution in [-0.4, -0.2) is 49.5 Å². The standard InChI is InChI=1S/C14H21NO3/c1-17-14-5-6-15(11-14)10-12-3-2-4-13(9-12)18-8-7-16/h2-4,9,14,16H,5-8,10-11H2,1H3. The van der Waals surface area contributed by atoms with Gasteiger partial charge in [0.05, 0.1) is 12.7 Å². The molecule has 0 aliphatic carbocycles. The molecule has 0 amide bonds. The van der Waals surface area contributed by atoms with Crippen LogP contribution in [0.25, 0.3) is 0 Å². The highest BCUT2D eigenvalue weighted by atomic mass is 16.5. The Morgan fingerprint density at radius 2 is 2.33 bits per heavy atom. The Labute approximate surface area is 108 Å². The van der Waals surface area contributed by atoms with Crippen molar-refractivity contribution in [2.75, 3.05) is 33.4 Å². The number of benzene rings is 1. The first-order chi connectivity index (χ1) is 8.81. The number of methoxy groups -OCH3 is 1. The summed E-state index contributed by atoms with van der Waals surface area (Å²) < 4.78 is 10.8. The highest BCUT2D eigenvalue weighted by Crippen LogP contribution is 2.18. The van der Waals surface area contributed by atoms with E-state index in [-0.39, 0.29) is 6.61 Å². The molecule has 100 valence electrons. The molecule has 1 saturated heterocycles. The van der Waals surface area contributed by atoms with Crippen LogP contribution in [0.4, 0.5) is 0 Å². The molecule has 1 N–H and O–H groups in total. The van der Waals surface area contributed by atoms with Crippen LogP contribution in [-0.2, 0) is 11.3 Å². The van der Waals surface area contributed by atoms with Crippen molar-refractivity contribution in [2.24, 2.45) is 0 Å². The first-order valence-corrected chi connectivity index (χ1v) is 6.39. The Bertz CT molecular complexity index is 370. The first-order valence-electron chi connectivity index (χ1n) is 6.39. The highest BCUT2D eigenvalue weighted by molar-refractivity contribution is 5.28. The maximum Gasteiger partial charge on any atom is 0.119 e. The van der Waals surface area contributed by atoms with Gasteiger partial charge in [-0.2, -0.15) is 0 Å². The molecule has 4 nitrogen and oxygen atoms in total. The van der Waals surface area contributed by atoms with Gasteiger partial charge >= 0.3 is 0 Å². The lowest BCUT2D eigenvalue weighted by atomic mass is 10.2. The van der Waals surface area contributed by atoms with Crippen molar-refractivity contribution in [1.29, 1.82) is 0 Å². The molecule has 1 atom stereocenters. The Hall–Kier alpha value is -1.10. The van der Waals surface area contributed by atoms with Crippen molar-refractivity contribution in [1.82, 2.24) is 4.90 Å². The van der Waals surface area contributed by atoms with Crippen molar-refractivity contribution in [3.05, 3.63) is 29.8 Å². The van der Waals surface area contributed by atoms with Gasteiger partial charge in [0.25, 0.3) is 0 Å². The molecule has 1 aromatic carbocycles. The monoisotopic (exact) mass is 251 g/mol. The summed E-state index contributed by atoms with van der Waals surface area (Å²) in [6.07, 6.45) is 1.48. The molecule has 4 heteroatoms. The zero-order chi connectivity index (χ0) is 12.8. The topological polar surface area (TPSA) is 41.9 Å². The molecule has 18 heavy (non-hydrogen) atoms. The van der Waals surface area contributed by atoms with Crippen molar-refractivity contribution in [2.45, 2.75) is 19.1 Å². The molecule has 2 rings (SSSR count). The smallest absolute Gasteiger partial charge is 0.119 e.